The Morgan fingerprint density at radius 3 is 2.21 bits per heavy atom. The second kappa shape index (κ2) is 3.38. The molecule has 1 heterocycles. The number of nitrogens with zero attached hydrogens (tertiary/aromatic N) is 1. The SMILES string of the molecule is Nc1cccc(N)c1-c1cccnc1. The van der Waals surface area contributed by atoms with Gasteiger partial charge in [0.25, 0.3) is 0 Å². The maximum atomic E-state index is 5.85. The first kappa shape index (κ1) is 8.56. The van der Waals surface area contributed by atoms with Gasteiger partial charge in [0.05, 0.1) is 0 Å². The standard InChI is InChI=1S/C11H11N3/c12-9-4-1-5-10(13)11(9)8-3-2-6-14-7-8/h1-7H,12-13H2. The predicted molar refractivity (Wildman–Crippen MR) is 58.5 cm³/mol. The van der Waals surface area contributed by atoms with Crippen molar-refractivity contribution in [2.45, 2.75) is 0 Å². The van der Waals surface area contributed by atoms with E-state index in [0.29, 0.717) is 11.4 Å². The lowest BCUT2D eigenvalue weighted by Crippen LogP contribution is -1.95. The summed E-state index contributed by atoms with van der Waals surface area (Å²) in [6.45, 7) is 0. The number of anilines is 2. The van der Waals surface area contributed by atoms with E-state index in [-0.39, 0.29) is 0 Å². The van der Waals surface area contributed by atoms with Crippen molar-refractivity contribution in [1.82, 2.24) is 4.98 Å². The molecule has 0 radical (unpaired) electrons. The molecule has 1 aromatic heterocycles. The van der Waals surface area contributed by atoms with Crippen molar-refractivity contribution in [3.63, 3.8) is 0 Å². The third-order valence-electron chi connectivity index (χ3n) is 2.08. The molecule has 0 aliphatic heterocycles. The van der Waals surface area contributed by atoms with Crippen LogP contribution in [-0.2, 0) is 0 Å². The van der Waals surface area contributed by atoms with Gasteiger partial charge in [-0.3, -0.25) is 4.98 Å². The van der Waals surface area contributed by atoms with E-state index in [1.54, 1.807) is 12.4 Å². The molecule has 2 rings (SSSR count). The Labute approximate surface area is 82.4 Å². The number of aromatic nitrogens is 1. The summed E-state index contributed by atoms with van der Waals surface area (Å²) in [4.78, 5) is 4.03. The first-order valence-corrected chi connectivity index (χ1v) is 4.33. The van der Waals surface area contributed by atoms with Gasteiger partial charge >= 0.3 is 0 Å². The van der Waals surface area contributed by atoms with Crippen LogP contribution in [-0.4, -0.2) is 4.98 Å². The molecule has 0 bridgehead atoms. The lowest BCUT2D eigenvalue weighted by molar-refractivity contribution is 1.33. The molecule has 3 heteroatoms. The van der Waals surface area contributed by atoms with Crippen molar-refractivity contribution in [2.24, 2.45) is 0 Å². The molecular formula is C11H11N3. The zero-order valence-electron chi connectivity index (χ0n) is 7.64. The quantitative estimate of drug-likeness (QED) is 0.667. The van der Waals surface area contributed by atoms with Gasteiger partial charge in [-0.1, -0.05) is 12.1 Å². The minimum atomic E-state index is 0.679. The summed E-state index contributed by atoms with van der Waals surface area (Å²) in [7, 11) is 0. The van der Waals surface area contributed by atoms with Crippen LogP contribution in [0.15, 0.2) is 42.7 Å². The summed E-state index contributed by atoms with van der Waals surface area (Å²) in [6, 6.07) is 9.30. The van der Waals surface area contributed by atoms with E-state index in [0.717, 1.165) is 11.1 Å². The summed E-state index contributed by atoms with van der Waals surface area (Å²) in [5, 5.41) is 0. The highest BCUT2D eigenvalue weighted by atomic mass is 14.6. The molecule has 0 unspecified atom stereocenters. The van der Waals surface area contributed by atoms with E-state index in [2.05, 4.69) is 4.98 Å². The second-order valence-corrected chi connectivity index (χ2v) is 3.05. The van der Waals surface area contributed by atoms with Crippen molar-refractivity contribution in [1.29, 1.82) is 0 Å². The van der Waals surface area contributed by atoms with Gasteiger partial charge in [-0.05, 0) is 18.2 Å². The zero-order valence-corrected chi connectivity index (χ0v) is 7.64. The van der Waals surface area contributed by atoms with Gasteiger partial charge in [0, 0.05) is 34.9 Å². The molecule has 70 valence electrons. The van der Waals surface area contributed by atoms with Gasteiger partial charge in [-0.2, -0.15) is 0 Å². The normalized spacial score (nSPS) is 10.0. The Hall–Kier alpha value is -2.03. The van der Waals surface area contributed by atoms with Crippen LogP contribution in [0.1, 0.15) is 0 Å². The van der Waals surface area contributed by atoms with Crippen molar-refractivity contribution in [2.75, 3.05) is 11.5 Å². The minimum Gasteiger partial charge on any atom is -0.398 e. The van der Waals surface area contributed by atoms with Crippen LogP contribution in [0, 0.1) is 0 Å². The topological polar surface area (TPSA) is 64.9 Å². The molecule has 0 spiro atoms. The van der Waals surface area contributed by atoms with Gasteiger partial charge in [0.2, 0.25) is 0 Å². The molecule has 2 aromatic rings. The van der Waals surface area contributed by atoms with Crippen molar-refractivity contribution in [3.8, 4) is 11.1 Å². The molecule has 0 aliphatic carbocycles. The summed E-state index contributed by atoms with van der Waals surface area (Å²) >= 11 is 0. The number of nitrogen functional groups attached to an aromatic ring is 2. The predicted octanol–water partition coefficient (Wildman–Crippen LogP) is 1.91. The van der Waals surface area contributed by atoms with Crippen molar-refractivity contribution >= 4 is 11.4 Å². The largest absolute Gasteiger partial charge is 0.398 e. The molecule has 4 N–H and O–H groups in total. The first-order valence-electron chi connectivity index (χ1n) is 4.33. The number of rotatable bonds is 1. The van der Waals surface area contributed by atoms with Crippen LogP contribution in [0.2, 0.25) is 0 Å². The molecule has 1 aromatic carbocycles. The average Bonchev–Trinajstić information content (AvgIpc) is 2.19. The van der Waals surface area contributed by atoms with Gasteiger partial charge in [0.1, 0.15) is 0 Å². The van der Waals surface area contributed by atoms with Gasteiger partial charge in [-0.15, -0.1) is 0 Å². The van der Waals surface area contributed by atoms with E-state index in [1.807, 2.05) is 30.3 Å². The lowest BCUT2D eigenvalue weighted by Gasteiger charge is -2.07. The second-order valence-electron chi connectivity index (χ2n) is 3.05. The molecule has 3 nitrogen and oxygen atoms in total. The minimum absolute atomic E-state index is 0.679. The molecule has 0 fully saturated rings. The first-order chi connectivity index (χ1) is 6.79. The molecule has 0 aliphatic rings. The fraction of sp³-hybridized carbons (Fsp3) is 0. The molecule has 0 saturated heterocycles. The van der Waals surface area contributed by atoms with Crippen LogP contribution < -0.4 is 11.5 Å². The zero-order chi connectivity index (χ0) is 9.97. The smallest absolute Gasteiger partial charge is 0.0415 e. The van der Waals surface area contributed by atoms with E-state index in [9.17, 15) is 0 Å². The summed E-state index contributed by atoms with van der Waals surface area (Å²) < 4.78 is 0. The third-order valence-corrected chi connectivity index (χ3v) is 2.08. The summed E-state index contributed by atoms with van der Waals surface area (Å²) in [6.07, 6.45) is 3.47. The van der Waals surface area contributed by atoms with E-state index >= 15 is 0 Å². The molecule has 14 heavy (non-hydrogen) atoms. The van der Waals surface area contributed by atoms with E-state index in [4.69, 9.17) is 11.5 Å². The molecular weight excluding hydrogens is 174 g/mol. The Balaban J connectivity index is 2.63. The lowest BCUT2D eigenvalue weighted by atomic mass is 10.0. The molecule has 0 saturated carbocycles. The van der Waals surface area contributed by atoms with Gasteiger partial charge in [-0.25, -0.2) is 0 Å². The highest BCUT2D eigenvalue weighted by molar-refractivity contribution is 5.85. The fourth-order valence-corrected chi connectivity index (χ4v) is 1.43. The number of benzene rings is 1. The van der Waals surface area contributed by atoms with E-state index < -0.39 is 0 Å². The van der Waals surface area contributed by atoms with Crippen molar-refractivity contribution in [3.05, 3.63) is 42.7 Å². The van der Waals surface area contributed by atoms with Gasteiger partial charge in [0.15, 0.2) is 0 Å². The number of nitrogens with two attached hydrogens (primary N) is 2. The third kappa shape index (κ3) is 1.40. The Morgan fingerprint density at radius 1 is 0.929 bits per heavy atom. The fourth-order valence-electron chi connectivity index (χ4n) is 1.43. The van der Waals surface area contributed by atoms with Crippen LogP contribution in [0.3, 0.4) is 0 Å². The van der Waals surface area contributed by atoms with Crippen LogP contribution in [0.4, 0.5) is 11.4 Å². The Bertz CT molecular complexity index is 417. The monoisotopic (exact) mass is 185 g/mol. The van der Waals surface area contributed by atoms with Crippen LogP contribution in [0.5, 0.6) is 0 Å². The van der Waals surface area contributed by atoms with Gasteiger partial charge < -0.3 is 11.5 Å². The summed E-state index contributed by atoms with van der Waals surface area (Å²) in [5.74, 6) is 0. The highest BCUT2D eigenvalue weighted by Gasteiger charge is 2.05. The Morgan fingerprint density at radius 2 is 1.64 bits per heavy atom. The maximum absolute atomic E-state index is 5.85. The number of pyridine rings is 1. The highest BCUT2D eigenvalue weighted by Crippen LogP contribution is 2.30. The number of hydrogen-bond acceptors (Lipinski definition) is 3. The summed E-state index contributed by atoms with van der Waals surface area (Å²) in [5.41, 5.74) is 14.9. The van der Waals surface area contributed by atoms with E-state index in [1.165, 1.54) is 0 Å². The Kier molecular flexibility index (Phi) is 2.07. The molecule has 0 atom stereocenters. The number of hydrogen-bond donors (Lipinski definition) is 2. The average molecular weight is 185 g/mol. The van der Waals surface area contributed by atoms with Crippen molar-refractivity contribution < 1.29 is 0 Å². The molecule has 0 amide bonds. The van der Waals surface area contributed by atoms with Crippen LogP contribution >= 0.6 is 0 Å². The maximum Gasteiger partial charge on any atom is 0.0415 e. The van der Waals surface area contributed by atoms with Crippen LogP contribution in [0.25, 0.3) is 11.1 Å².